The highest BCUT2D eigenvalue weighted by Crippen LogP contribution is 2.73. The Labute approximate surface area is 220 Å². The molecule has 5 rings (SSSR count). The lowest BCUT2D eigenvalue weighted by molar-refractivity contribution is -0.235. The molecule has 1 N–H and O–H groups in total. The molecule has 206 valence electrons. The fourth-order valence-electron chi connectivity index (χ4n) is 10.1. The summed E-state index contributed by atoms with van der Waals surface area (Å²) >= 11 is 0. The quantitative estimate of drug-likeness (QED) is 0.432. The van der Waals surface area contributed by atoms with Crippen LogP contribution in [0.1, 0.15) is 87.0 Å². The predicted octanol–water partition coefficient (Wildman–Crippen LogP) is 4.60. The Bertz CT molecular complexity index is 1030. The van der Waals surface area contributed by atoms with Crippen molar-refractivity contribution in [3.63, 3.8) is 0 Å². The van der Waals surface area contributed by atoms with Crippen LogP contribution >= 0.6 is 0 Å². The molecule has 1 aliphatic heterocycles. The number of fused-ring (bicyclic) bond motifs is 5. The van der Waals surface area contributed by atoms with Crippen molar-refractivity contribution in [1.82, 2.24) is 0 Å². The first kappa shape index (κ1) is 26.9. The van der Waals surface area contributed by atoms with Gasteiger partial charge in [-0.25, -0.2) is 0 Å². The zero-order chi connectivity index (χ0) is 27.1. The van der Waals surface area contributed by atoms with E-state index in [9.17, 15) is 19.5 Å². The van der Waals surface area contributed by atoms with Gasteiger partial charge in [-0.1, -0.05) is 46.3 Å². The molecule has 10 atom stereocenters. The van der Waals surface area contributed by atoms with Crippen molar-refractivity contribution in [2.45, 2.75) is 105 Å². The van der Waals surface area contributed by atoms with Gasteiger partial charge in [-0.3, -0.25) is 14.4 Å². The van der Waals surface area contributed by atoms with E-state index < -0.39 is 28.6 Å². The highest BCUT2D eigenvalue weighted by molar-refractivity contribution is 5.86. The Balaban J connectivity index is 1.62. The summed E-state index contributed by atoms with van der Waals surface area (Å²) in [5.41, 5.74) is -0.269. The van der Waals surface area contributed by atoms with E-state index in [-0.39, 0.29) is 53.4 Å². The van der Waals surface area contributed by atoms with Crippen molar-refractivity contribution < 1.29 is 33.7 Å². The molecule has 2 unspecified atom stereocenters. The molecule has 0 radical (unpaired) electrons. The van der Waals surface area contributed by atoms with E-state index in [4.69, 9.17) is 14.2 Å². The molecule has 0 spiro atoms. The largest absolute Gasteiger partial charge is 0.462 e. The van der Waals surface area contributed by atoms with Gasteiger partial charge >= 0.3 is 11.9 Å². The van der Waals surface area contributed by atoms with Crippen molar-refractivity contribution in [3.05, 3.63) is 11.6 Å². The van der Waals surface area contributed by atoms with Gasteiger partial charge in [0.15, 0.2) is 6.29 Å². The monoisotopic (exact) mass is 516 g/mol. The molecular formula is C30H44O7. The first-order valence-corrected chi connectivity index (χ1v) is 14.0. The van der Waals surface area contributed by atoms with Crippen LogP contribution in [-0.4, -0.2) is 47.9 Å². The lowest BCUT2D eigenvalue weighted by atomic mass is 9.36. The molecular weight excluding hydrogens is 472 g/mol. The van der Waals surface area contributed by atoms with Gasteiger partial charge in [-0.2, -0.15) is 0 Å². The fraction of sp³-hybridized carbons (Fsp3) is 0.833. The minimum atomic E-state index is -0.695. The number of Topliss-reactive ketones (excluding diaryl/α,β-unsaturated/α-hetero) is 1. The van der Waals surface area contributed by atoms with Crippen molar-refractivity contribution >= 4 is 17.7 Å². The van der Waals surface area contributed by atoms with Gasteiger partial charge in [-0.05, 0) is 54.8 Å². The zero-order valence-electron chi connectivity index (χ0n) is 23.5. The average Bonchev–Trinajstić information content (AvgIpc) is 3.36. The van der Waals surface area contributed by atoms with Crippen LogP contribution in [0.5, 0.6) is 0 Å². The fourth-order valence-corrected chi connectivity index (χ4v) is 10.1. The van der Waals surface area contributed by atoms with Crippen LogP contribution in [0.25, 0.3) is 0 Å². The van der Waals surface area contributed by atoms with E-state index >= 15 is 0 Å². The number of allylic oxidation sites excluding steroid dienone is 1. The van der Waals surface area contributed by atoms with Gasteiger partial charge in [0, 0.05) is 42.9 Å². The molecule has 7 nitrogen and oxygen atoms in total. The van der Waals surface area contributed by atoms with E-state index in [2.05, 4.69) is 26.8 Å². The topological polar surface area (TPSA) is 99.1 Å². The van der Waals surface area contributed by atoms with Crippen LogP contribution in [-0.2, 0) is 28.6 Å². The van der Waals surface area contributed by atoms with Crippen LogP contribution < -0.4 is 0 Å². The standard InChI is InChI=1S/C30H44O7/c1-16(31)36-24-13-22-27(3,4)23(33)14-25(37-17(2)32)30(22,7)21-10-11-28(5)19(18-12-26(34)35-15-18)8-9-20(28)29(21,24)6/h9,18-19,21-22,24-26,34H,8,10-15H2,1-7H3/t18?,19-,21-,22-,24+,25-,26?,28-,29-,30+/m0/s1. The van der Waals surface area contributed by atoms with E-state index in [0.717, 1.165) is 19.3 Å². The third-order valence-electron chi connectivity index (χ3n) is 11.7. The maximum Gasteiger partial charge on any atom is 0.302 e. The SMILES string of the molecule is CC(=O)O[C@H]1CC(=O)C(C)(C)[C@@H]2C[C@@H](OC(C)=O)[C@@]3(C)C4=CC[C@@H](C5COC(O)C5)[C@]4(C)CC[C@@H]3[C@@]12C. The predicted molar refractivity (Wildman–Crippen MR) is 136 cm³/mol. The van der Waals surface area contributed by atoms with E-state index in [1.54, 1.807) is 0 Å². The third-order valence-corrected chi connectivity index (χ3v) is 11.7. The molecule has 0 amide bonds. The maximum absolute atomic E-state index is 13.4. The first-order chi connectivity index (χ1) is 17.2. The Morgan fingerprint density at radius 2 is 1.65 bits per heavy atom. The Hall–Kier alpha value is -1.73. The number of rotatable bonds is 3. The second kappa shape index (κ2) is 8.64. The number of aliphatic hydroxyl groups is 1. The number of ketones is 1. The number of aliphatic hydroxyl groups excluding tert-OH is 1. The molecule has 3 saturated carbocycles. The third kappa shape index (κ3) is 3.70. The molecule has 0 bridgehead atoms. The highest BCUT2D eigenvalue weighted by Gasteiger charge is 2.72. The van der Waals surface area contributed by atoms with Crippen molar-refractivity contribution in [1.29, 1.82) is 0 Å². The number of carbonyl (C=O) groups excluding carboxylic acids is 3. The van der Waals surface area contributed by atoms with Crippen LogP contribution in [0.2, 0.25) is 0 Å². The van der Waals surface area contributed by atoms with E-state index in [0.29, 0.717) is 25.4 Å². The van der Waals surface area contributed by atoms with Crippen LogP contribution in [0.3, 0.4) is 0 Å². The molecule has 0 aromatic heterocycles. The summed E-state index contributed by atoms with van der Waals surface area (Å²) in [5.74, 6) is 0.0631. The summed E-state index contributed by atoms with van der Waals surface area (Å²) < 4.78 is 17.7. The van der Waals surface area contributed by atoms with Crippen molar-refractivity contribution in [2.24, 2.45) is 45.3 Å². The molecule has 0 aromatic rings. The number of carbonyl (C=O) groups is 3. The Morgan fingerprint density at radius 3 is 2.24 bits per heavy atom. The van der Waals surface area contributed by atoms with E-state index in [1.807, 2.05) is 13.8 Å². The number of hydrogen-bond donors (Lipinski definition) is 1. The normalized spacial score (nSPS) is 48.4. The zero-order valence-corrected chi connectivity index (χ0v) is 23.5. The van der Waals surface area contributed by atoms with Crippen LogP contribution in [0.15, 0.2) is 11.6 Å². The lowest BCUT2D eigenvalue weighted by Crippen LogP contribution is -2.69. The summed E-state index contributed by atoms with van der Waals surface area (Å²) in [5, 5.41) is 10.1. The second-order valence-electron chi connectivity index (χ2n) is 13.7. The summed E-state index contributed by atoms with van der Waals surface area (Å²) in [6.45, 7) is 14.3. The second-order valence-corrected chi connectivity index (χ2v) is 13.7. The lowest BCUT2D eigenvalue weighted by Gasteiger charge is -2.68. The van der Waals surface area contributed by atoms with E-state index in [1.165, 1.54) is 19.4 Å². The minimum Gasteiger partial charge on any atom is -0.462 e. The smallest absolute Gasteiger partial charge is 0.302 e. The number of ether oxygens (including phenoxy) is 3. The number of esters is 2. The van der Waals surface area contributed by atoms with Crippen molar-refractivity contribution in [2.75, 3.05) is 6.61 Å². The van der Waals surface area contributed by atoms with Crippen molar-refractivity contribution in [3.8, 4) is 0 Å². The molecule has 7 heteroatoms. The highest BCUT2D eigenvalue weighted by atomic mass is 16.6. The minimum absolute atomic E-state index is 0.0725. The molecule has 1 heterocycles. The molecule has 4 aliphatic carbocycles. The van der Waals surface area contributed by atoms with Gasteiger partial charge in [0.2, 0.25) is 0 Å². The summed E-state index contributed by atoms with van der Waals surface area (Å²) in [6, 6.07) is 0. The Kier molecular flexibility index (Phi) is 6.27. The summed E-state index contributed by atoms with van der Waals surface area (Å²) in [7, 11) is 0. The van der Waals surface area contributed by atoms with Gasteiger partial charge in [0.25, 0.3) is 0 Å². The Morgan fingerprint density at radius 1 is 1.00 bits per heavy atom. The van der Waals surface area contributed by atoms with Gasteiger partial charge in [0.05, 0.1) is 6.61 Å². The van der Waals surface area contributed by atoms with Gasteiger partial charge < -0.3 is 19.3 Å². The van der Waals surface area contributed by atoms with Gasteiger partial charge in [-0.15, -0.1) is 0 Å². The average molecular weight is 517 g/mol. The molecule has 37 heavy (non-hydrogen) atoms. The van der Waals surface area contributed by atoms with Gasteiger partial charge in [0.1, 0.15) is 18.0 Å². The van der Waals surface area contributed by atoms with Crippen LogP contribution in [0, 0.1) is 45.3 Å². The summed E-state index contributed by atoms with van der Waals surface area (Å²) in [4.78, 5) is 38.1. The molecule has 5 aliphatic rings. The molecule has 1 saturated heterocycles. The maximum atomic E-state index is 13.4. The number of hydrogen-bond acceptors (Lipinski definition) is 7. The first-order valence-electron chi connectivity index (χ1n) is 14.0. The molecule has 4 fully saturated rings. The van der Waals surface area contributed by atoms with Crippen LogP contribution in [0.4, 0.5) is 0 Å². The summed E-state index contributed by atoms with van der Waals surface area (Å²) in [6.07, 6.45) is 5.02. The molecule has 0 aromatic carbocycles.